The summed E-state index contributed by atoms with van der Waals surface area (Å²) < 4.78 is 37.9. The first-order chi connectivity index (χ1) is 12.7. The van der Waals surface area contributed by atoms with Crippen molar-refractivity contribution in [3.05, 3.63) is 65.2 Å². The molecule has 0 saturated heterocycles. The number of benzene rings is 2. The van der Waals surface area contributed by atoms with E-state index >= 15 is 0 Å². The van der Waals surface area contributed by atoms with Crippen molar-refractivity contribution < 1.29 is 22.8 Å². The predicted octanol–water partition coefficient (Wildman–Crippen LogP) is 3.92. The third-order valence-electron chi connectivity index (χ3n) is 3.64. The fraction of sp³-hybridized carbons (Fsp3) is 0.211. The first kappa shape index (κ1) is 20.2. The van der Waals surface area contributed by atoms with Crippen LogP contribution in [-0.4, -0.2) is 18.0 Å². The molecule has 2 N–H and O–H groups in total. The van der Waals surface area contributed by atoms with Crippen molar-refractivity contribution in [1.29, 1.82) is 0 Å². The van der Waals surface area contributed by atoms with Crippen molar-refractivity contribution in [3.8, 4) is 0 Å². The number of hydrogen-bond donors (Lipinski definition) is 2. The number of carbonyl (C=O) groups excluding carboxylic acids is 2. The lowest BCUT2D eigenvalue weighted by atomic mass is 10.0. The van der Waals surface area contributed by atoms with Gasteiger partial charge in [0.05, 0.1) is 11.8 Å². The fourth-order valence-electron chi connectivity index (χ4n) is 2.14. The second-order valence-corrected chi connectivity index (χ2v) is 6.05. The summed E-state index contributed by atoms with van der Waals surface area (Å²) in [5, 5.41) is 5.77. The maximum atomic E-state index is 12.6. The molecule has 0 aliphatic carbocycles. The molecule has 142 valence electrons. The van der Waals surface area contributed by atoms with Gasteiger partial charge in [0.2, 0.25) is 0 Å². The normalized spacial score (nSPS) is 11.6. The molecule has 0 atom stereocenters. The zero-order valence-corrected chi connectivity index (χ0v) is 14.7. The van der Waals surface area contributed by atoms with Crippen LogP contribution in [0.3, 0.4) is 0 Å². The molecule has 0 aromatic heterocycles. The van der Waals surface area contributed by atoms with Gasteiger partial charge in [-0.05, 0) is 35.2 Å². The van der Waals surface area contributed by atoms with Gasteiger partial charge in [-0.15, -0.1) is 0 Å². The van der Waals surface area contributed by atoms with E-state index in [1.165, 1.54) is 12.3 Å². The standard InChI is InChI=1S/C19H18F3N3O2/c1-12(2)14-8-6-13(7-9-14)11-23-25-18(27)17(26)24-16-5-3-4-15(10-16)19(20,21)22/h3-12H,1-2H3,(H,24,26)(H,25,27)/b23-11-. The Bertz CT molecular complexity index is 844. The Hall–Kier alpha value is -3.16. The number of nitrogens with zero attached hydrogens (tertiary/aromatic N) is 1. The maximum absolute atomic E-state index is 12.6. The number of hydrazone groups is 1. The molecule has 2 aromatic rings. The third-order valence-corrected chi connectivity index (χ3v) is 3.64. The molecule has 2 amide bonds. The lowest BCUT2D eigenvalue weighted by Crippen LogP contribution is -2.32. The molecule has 0 aliphatic rings. The first-order valence-electron chi connectivity index (χ1n) is 8.08. The Morgan fingerprint density at radius 1 is 1.04 bits per heavy atom. The minimum absolute atomic E-state index is 0.141. The average molecular weight is 377 g/mol. The second-order valence-electron chi connectivity index (χ2n) is 6.05. The summed E-state index contributed by atoms with van der Waals surface area (Å²) in [6, 6.07) is 11.5. The summed E-state index contributed by atoms with van der Waals surface area (Å²) in [4.78, 5) is 23.5. The number of alkyl halides is 3. The zero-order valence-electron chi connectivity index (χ0n) is 14.7. The van der Waals surface area contributed by atoms with Crippen LogP contribution in [0.1, 0.15) is 36.5 Å². The number of hydrogen-bond acceptors (Lipinski definition) is 3. The largest absolute Gasteiger partial charge is 0.416 e. The molecule has 2 aromatic carbocycles. The molecule has 8 heteroatoms. The van der Waals surface area contributed by atoms with E-state index in [2.05, 4.69) is 24.3 Å². The first-order valence-corrected chi connectivity index (χ1v) is 8.08. The van der Waals surface area contributed by atoms with Gasteiger partial charge in [-0.1, -0.05) is 44.2 Å². The van der Waals surface area contributed by atoms with Crippen LogP contribution in [-0.2, 0) is 15.8 Å². The van der Waals surface area contributed by atoms with Crippen molar-refractivity contribution in [2.45, 2.75) is 25.9 Å². The summed E-state index contributed by atoms with van der Waals surface area (Å²) in [6.07, 6.45) is -3.18. The van der Waals surface area contributed by atoms with Crippen LogP contribution in [0.15, 0.2) is 53.6 Å². The minimum atomic E-state index is -4.54. The molecule has 0 bridgehead atoms. The van der Waals surface area contributed by atoms with Crippen LogP contribution in [0.2, 0.25) is 0 Å². The molecule has 0 radical (unpaired) electrons. The van der Waals surface area contributed by atoms with E-state index in [0.29, 0.717) is 5.92 Å². The van der Waals surface area contributed by atoms with Crippen LogP contribution in [0.4, 0.5) is 18.9 Å². The van der Waals surface area contributed by atoms with Gasteiger partial charge in [0.25, 0.3) is 0 Å². The van der Waals surface area contributed by atoms with Gasteiger partial charge in [0.1, 0.15) is 0 Å². The van der Waals surface area contributed by atoms with Crippen LogP contribution in [0, 0.1) is 0 Å². The minimum Gasteiger partial charge on any atom is -0.318 e. The van der Waals surface area contributed by atoms with Crippen LogP contribution in [0.5, 0.6) is 0 Å². The molecule has 5 nitrogen and oxygen atoms in total. The Morgan fingerprint density at radius 3 is 2.30 bits per heavy atom. The molecule has 2 rings (SSSR count). The van der Waals surface area contributed by atoms with Crippen molar-refractivity contribution in [2.75, 3.05) is 5.32 Å². The SMILES string of the molecule is CC(C)c1ccc(/C=N\NC(=O)C(=O)Nc2cccc(C(F)(F)F)c2)cc1. The van der Waals surface area contributed by atoms with E-state index in [1.54, 1.807) is 0 Å². The van der Waals surface area contributed by atoms with E-state index in [1.807, 2.05) is 29.7 Å². The molecule has 0 fully saturated rings. The maximum Gasteiger partial charge on any atom is 0.416 e. The number of anilines is 1. The smallest absolute Gasteiger partial charge is 0.318 e. The number of carbonyl (C=O) groups is 2. The average Bonchev–Trinajstić information content (AvgIpc) is 2.61. The monoisotopic (exact) mass is 377 g/mol. The summed E-state index contributed by atoms with van der Waals surface area (Å²) in [6.45, 7) is 4.12. The highest BCUT2D eigenvalue weighted by atomic mass is 19.4. The van der Waals surface area contributed by atoms with E-state index in [-0.39, 0.29) is 5.69 Å². The highest BCUT2D eigenvalue weighted by Gasteiger charge is 2.30. The lowest BCUT2D eigenvalue weighted by molar-refractivity contribution is -0.137. The van der Waals surface area contributed by atoms with E-state index in [0.717, 1.165) is 29.3 Å². The number of rotatable bonds is 4. The van der Waals surface area contributed by atoms with Gasteiger partial charge in [-0.25, -0.2) is 5.43 Å². The topological polar surface area (TPSA) is 70.6 Å². The van der Waals surface area contributed by atoms with Gasteiger partial charge >= 0.3 is 18.0 Å². The van der Waals surface area contributed by atoms with Gasteiger partial charge in [0, 0.05) is 5.69 Å². The lowest BCUT2D eigenvalue weighted by Gasteiger charge is -2.09. The Kier molecular flexibility index (Phi) is 6.33. The Balaban J connectivity index is 1.93. The highest BCUT2D eigenvalue weighted by molar-refractivity contribution is 6.39. The van der Waals surface area contributed by atoms with E-state index < -0.39 is 23.6 Å². The summed E-state index contributed by atoms with van der Waals surface area (Å²) in [5.41, 5.74) is 2.83. The number of nitrogens with one attached hydrogen (secondary N) is 2. The van der Waals surface area contributed by atoms with Crippen molar-refractivity contribution in [1.82, 2.24) is 5.43 Å². The molecule has 0 unspecified atom stereocenters. The van der Waals surface area contributed by atoms with Crippen molar-refractivity contribution in [3.63, 3.8) is 0 Å². The second kappa shape index (κ2) is 8.48. The molecule has 0 aliphatic heterocycles. The fourth-order valence-corrected chi connectivity index (χ4v) is 2.14. The molecule has 27 heavy (non-hydrogen) atoms. The summed E-state index contributed by atoms with van der Waals surface area (Å²) >= 11 is 0. The summed E-state index contributed by atoms with van der Waals surface area (Å²) in [7, 11) is 0. The highest BCUT2D eigenvalue weighted by Crippen LogP contribution is 2.30. The molecular weight excluding hydrogens is 359 g/mol. The third kappa shape index (κ3) is 5.95. The van der Waals surface area contributed by atoms with Gasteiger partial charge < -0.3 is 5.32 Å². The van der Waals surface area contributed by atoms with Crippen LogP contribution >= 0.6 is 0 Å². The molecule has 0 saturated carbocycles. The van der Waals surface area contributed by atoms with E-state index in [4.69, 9.17) is 0 Å². The number of halogens is 3. The molecule has 0 spiro atoms. The Morgan fingerprint density at radius 2 is 1.70 bits per heavy atom. The predicted molar refractivity (Wildman–Crippen MR) is 96.3 cm³/mol. The number of amides is 2. The van der Waals surface area contributed by atoms with E-state index in [9.17, 15) is 22.8 Å². The zero-order chi connectivity index (χ0) is 20.0. The molecular formula is C19H18F3N3O2. The van der Waals surface area contributed by atoms with Crippen molar-refractivity contribution in [2.24, 2.45) is 5.10 Å². The van der Waals surface area contributed by atoms with Gasteiger partial charge in [-0.3, -0.25) is 9.59 Å². The molecule has 0 heterocycles. The van der Waals surface area contributed by atoms with Crippen LogP contribution in [0.25, 0.3) is 0 Å². The van der Waals surface area contributed by atoms with Crippen LogP contribution < -0.4 is 10.7 Å². The van der Waals surface area contributed by atoms with Gasteiger partial charge in [-0.2, -0.15) is 18.3 Å². The Labute approximate surface area is 154 Å². The van der Waals surface area contributed by atoms with Crippen molar-refractivity contribution >= 4 is 23.7 Å². The quantitative estimate of drug-likeness (QED) is 0.482. The van der Waals surface area contributed by atoms with Gasteiger partial charge in [0.15, 0.2) is 0 Å². The summed E-state index contributed by atoms with van der Waals surface area (Å²) in [5.74, 6) is -1.83.